The number of aromatic amines is 1. The van der Waals surface area contributed by atoms with Crippen LogP contribution in [0.25, 0.3) is 10.9 Å². The second-order valence-electron chi connectivity index (χ2n) is 6.83. The van der Waals surface area contributed by atoms with Crippen LogP contribution in [0.3, 0.4) is 0 Å². The van der Waals surface area contributed by atoms with Gasteiger partial charge in [-0.25, -0.2) is 4.39 Å². The molecule has 2 aromatic carbocycles. The number of nitrogens with one attached hydrogen (secondary N) is 1. The zero-order valence-electron chi connectivity index (χ0n) is 14.3. The van der Waals surface area contributed by atoms with E-state index in [-0.39, 0.29) is 11.7 Å². The fourth-order valence-electron chi connectivity index (χ4n) is 3.41. The van der Waals surface area contributed by atoms with E-state index < -0.39 is 0 Å². The molecule has 128 valence electrons. The minimum absolute atomic E-state index is 0.139. The maximum absolute atomic E-state index is 13.1. The number of carbonyl (C=O) groups is 1. The Labute approximate surface area is 146 Å². The van der Waals surface area contributed by atoms with Crippen molar-refractivity contribution in [3.8, 4) is 0 Å². The fourth-order valence-corrected chi connectivity index (χ4v) is 3.41. The molecule has 3 aromatic rings. The van der Waals surface area contributed by atoms with Gasteiger partial charge in [0.2, 0.25) is 5.91 Å². The first kappa shape index (κ1) is 15.9. The van der Waals surface area contributed by atoms with Crippen LogP contribution in [-0.4, -0.2) is 21.8 Å². The average molecular weight is 336 g/mol. The van der Waals surface area contributed by atoms with E-state index in [1.807, 2.05) is 30.0 Å². The van der Waals surface area contributed by atoms with Crippen LogP contribution in [0.15, 0.2) is 48.5 Å². The summed E-state index contributed by atoms with van der Waals surface area (Å²) in [7, 11) is 0. The number of carbonyl (C=O) groups excluding carboxylic acids is 1. The SMILES string of the molecule is Cc1[nH]c2ccccc2c1CC(=O)N(Cc1ccc(F)cc1)C1CC1. The van der Waals surface area contributed by atoms with Gasteiger partial charge in [0.25, 0.3) is 0 Å². The first-order chi connectivity index (χ1) is 12.1. The number of aromatic nitrogens is 1. The monoisotopic (exact) mass is 336 g/mol. The van der Waals surface area contributed by atoms with E-state index in [0.29, 0.717) is 19.0 Å². The normalized spacial score (nSPS) is 14.0. The molecule has 1 aliphatic carbocycles. The smallest absolute Gasteiger partial charge is 0.227 e. The number of benzene rings is 2. The second kappa shape index (κ2) is 6.36. The summed E-state index contributed by atoms with van der Waals surface area (Å²) in [6, 6.07) is 14.8. The zero-order chi connectivity index (χ0) is 17.4. The lowest BCUT2D eigenvalue weighted by atomic mass is 10.1. The third-order valence-electron chi connectivity index (χ3n) is 4.93. The van der Waals surface area contributed by atoms with Crippen molar-refractivity contribution in [1.29, 1.82) is 0 Å². The van der Waals surface area contributed by atoms with Gasteiger partial charge >= 0.3 is 0 Å². The molecule has 3 nitrogen and oxygen atoms in total. The van der Waals surface area contributed by atoms with Crippen LogP contribution < -0.4 is 0 Å². The Morgan fingerprint density at radius 3 is 2.60 bits per heavy atom. The van der Waals surface area contributed by atoms with Crippen molar-refractivity contribution in [2.45, 2.75) is 38.8 Å². The van der Waals surface area contributed by atoms with Gasteiger partial charge in [-0.15, -0.1) is 0 Å². The van der Waals surface area contributed by atoms with E-state index >= 15 is 0 Å². The molecule has 1 aromatic heterocycles. The van der Waals surface area contributed by atoms with E-state index in [1.165, 1.54) is 12.1 Å². The minimum atomic E-state index is -0.248. The van der Waals surface area contributed by atoms with Crippen LogP contribution in [-0.2, 0) is 17.8 Å². The number of fused-ring (bicyclic) bond motifs is 1. The Balaban J connectivity index is 1.56. The number of para-hydroxylation sites is 1. The molecule has 0 spiro atoms. The number of halogens is 1. The van der Waals surface area contributed by atoms with Crippen LogP contribution >= 0.6 is 0 Å². The highest BCUT2D eigenvalue weighted by atomic mass is 19.1. The number of amides is 1. The molecule has 0 bridgehead atoms. The summed E-state index contributed by atoms with van der Waals surface area (Å²) in [6.07, 6.45) is 2.51. The van der Waals surface area contributed by atoms with Gasteiger partial charge in [0.1, 0.15) is 5.82 Å². The van der Waals surface area contributed by atoms with Crippen LogP contribution in [0.5, 0.6) is 0 Å². The van der Waals surface area contributed by atoms with E-state index in [1.54, 1.807) is 12.1 Å². The summed E-state index contributed by atoms with van der Waals surface area (Å²) in [5.74, 6) is -0.109. The first-order valence-electron chi connectivity index (χ1n) is 8.72. The number of aryl methyl sites for hydroxylation is 1. The topological polar surface area (TPSA) is 36.1 Å². The number of hydrogen-bond acceptors (Lipinski definition) is 1. The van der Waals surface area contributed by atoms with Crippen molar-refractivity contribution in [3.05, 3.63) is 71.2 Å². The number of rotatable bonds is 5. The summed E-state index contributed by atoms with van der Waals surface area (Å²) < 4.78 is 13.1. The van der Waals surface area contributed by atoms with E-state index in [2.05, 4.69) is 11.1 Å². The molecule has 0 aliphatic heterocycles. The van der Waals surface area contributed by atoms with Gasteiger partial charge in [-0.2, -0.15) is 0 Å². The van der Waals surface area contributed by atoms with Gasteiger partial charge < -0.3 is 9.88 Å². The summed E-state index contributed by atoms with van der Waals surface area (Å²) in [5, 5.41) is 1.12. The molecule has 1 N–H and O–H groups in total. The van der Waals surface area contributed by atoms with Gasteiger partial charge in [-0.1, -0.05) is 30.3 Å². The zero-order valence-corrected chi connectivity index (χ0v) is 14.3. The van der Waals surface area contributed by atoms with Crippen LogP contribution in [0.2, 0.25) is 0 Å². The predicted molar refractivity (Wildman–Crippen MR) is 96.7 cm³/mol. The molecule has 0 atom stereocenters. The Morgan fingerprint density at radius 2 is 1.88 bits per heavy atom. The molecule has 0 radical (unpaired) electrons. The van der Waals surface area contributed by atoms with Crippen molar-refractivity contribution < 1.29 is 9.18 Å². The Morgan fingerprint density at radius 1 is 1.16 bits per heavy atom. The van der Waals surface area contributed by atoms with Gasteiger partial charge in [0, 0.05) is 29.2 Å². The molecule has 1 saturated carbocycles. The third kappa shape index (κ3) is 3.29. The van der Waals surface area contributed by atoms with Crippen molar-refractivity contribution in [1.82, 2.24) is 9.88 Å². The Kier molecular flexibility index (Phi) is 4.04. The van der Waals surface area contributed by atoms with Crippen molar-refractivity contribution in [2.24, 2.45) is 0 Å². The highest BCUT2D eigenvalue weighted by molar-refractivity contribution is 5.90. The van der Waals surface area contributed by atoms with Crippen LogP contribution in [0.4, 0.5) is 4.39 Å². The molecule has 4 rings (SSSR count). The standard InChI is InChI=1S/C21H21FN2O/c1-14-19(18-4-2-3-5-20(18)23-14)12-21(25)24(17-10-11-17)13-15-6-8-16(22)9-7-15/h2-9,17,23H,10-13H2,1H3. The molecule has 25 heavy (non-hydrogen) atoms. The lowest BCUT2D eigenvalue weighted by Crippen LogP contribution is -2.33. The minimum Gasteiger partial charge on any atom is -0.358 e. The van der Waals surface area contributed by atoms with Gasteiger partial charge in [0.05, 0.1) is 6.42 Å². The van der Waals surface area contributed by atoms with E-state index in [0.717, 1.165) is 40.6 Å². The molecule has 0 saturated heterocycles. The second-order valence-corrected chi connectivity index (χ2v) is 6.83. The molecular weight excluding hydrogens is 315 g/mol. The third-order valence-corrected chi connectivity index (χ3v) is 4.93. The molecule has 4 heteroatoms. The van der Waals surface area contributed by atoms with Crippen LogP contribution in [0, 0.1) is 12.7 Å². The highest BCUT2D eigenvalue weighted by Crippen LogP contribution is 2.30. The number of H-pyrrole nitrogens is 1. The predicted octanol–water partition coefficient (Wildman–Crippen LogP) is 4.35. The Bertz CT molecular complexity index is 909. The Hall–Kier alpha value is -2.62. The summed E-state index contributed by atoms with van der Waals surface area (Å²) in [6.45, 7) is 2.56. The molecule has 0 unspecified atom stereocenters. The average Bonchev–Trinajstić information content (AvgIpc) is 3.40. The fraction of sp³-hybridized carbons (Fsp3) is 0.286. The van der Waals surface area contributed by atoms with Crippen molar-refractivity contribution >= 4 is 16.8 Å². The van der Waals surface area contributed by atoms with Gasteiger partial charge in [0.15, 0.2) is 0 Å². The van der Waals surface area contributed by atoms with E-state index in [4.69, 9.17) is 0 Å². The van der Waals surface area contributed by atoms with Crippen molar-refractivity contribution in [3.63, 3.8) is 0 Å². The van der Waals surface area contributed by atoms with Gasteiger partial charge in [-0.05, 0) is 49.1 Å². The summed E-state index contributed by atoms with van der Waals surface area (Å²) in [4.78, 5) is 18.3. The van der Waals surface area contributed by atoms with Gasteiger partial charge in [-0.3, -0.25) is 4.79 Å². The number of nitrogens with zero attached hydrogens (tertiary/aromatic N) is 1. The maximum Gasteiger partial charge on any atom is 0.227 e. The lowest BCUT2D eigenvalue weighted by molar-refractivity contribution is -0.131. The maximum atomic E-state index is 13.1. The molecule has 1 fully saturated rings. The summed E-state index contributed by atoms with van der Waals surface area (Å²) >= 11 is 0. The summed E-state index contributed by atoms with van der Waals surface area (Å²) in [5.41, 5.74) is 4.16. The first-order valence-corrected chi connectivity index (χ1v) is 8.72. The quantitative estimate of drug-likeness (QED) is 0.739. The largest absolute Gasteiger partial charge is 0.358 e. The number of hydrogen-bond donors (Lipinski definition) is 1. The van der Waals surface area contributed by atoms with Crippen molar-refractivity contribution in [2.75, 3.05) is 0 Å². The molecular formula is C21H21FN2O. The lowest BCUT2D eigenvalue weighted by Gasteiger charge is -2.23. The molecule has 1 aliphatic rings. The van der Waals surface area contributed by atoms with Crippen LogP contribution in [0.1, 0.15) is 29.7 Å². The molecule has 1 heterocycles. The highest BCUT2D eigenvalue weighted by Gasteiger charge is 2.32. The van der Waals surface area contributed by atoms with E-state index in [9.17, 15) is 9.18 Å². The molecule has 1 amide bonds.